The van der Waals surface area contributed by atoms with E-state index in [1.165, 1.54) is 5.56 Å². The molecule has 6 heteroatoms. The molecule has 1 amide bonds. The Morgan fingerprint density at radius 3 is 2.78 bits per heavy atom. The Hall–Kier alpha value is -2.70. The van der Waals surface area contributed by atoms with Gasteiger partial charge >= 0.3 is 0 Å². The number of aromatic amines is 1. The van der Waals surface area contributed by atoms with Crippen molar-refractivity contribution in [2.45, 2.75) is 39.0 Å². The average Bonchev–Trinajstić information content (AvgIpc) is 3.23. The second kappa shape index (κ2) is 9.84. The molecular weight excluding hydrogens is 400 g/mol. The monoisotopic (exact) mass is 434 g/mol. The third-order valence-corrected chi connectivity index (χ3v) is 6.79. The van der Waals surface area contributed by atoms with E-state index >= 15 is 0 Å². The highest BCUT2D eigenvalue weighted by Gasteiger charge is 2.39. The molecule has 4 rings (SSSR count). The Bertz CT molecular complexity index is 1060. The van der Waals surface area contributed by atoms with Gasteiger partial charge in [0.2, 0.25) is 5.91 Å². The molecule has 0 bridgehead atoms. The van der Waals surface area contributed by atoms with E-state index in [0.29, 0.717) is 0 Å². The van der Waals surface area contributed by atoms with Crippen LogP contribution in [-0.4, -0.2) is 54.9 Å². The van der Waals surface area contributed by atoms with Gasteiger partial charge in [0.25, 0.3) is 0 Å². The first-order valence-electron chi connectivity index (χ1n) is 11.6. The third-order valence-electron chi connectivity index (χ3n) is 6.79. The number of hydrogen-bond acceptors (Lipinski definition) is 4. The van der Waals surface area contributed by atoms with Gasteiger partial charge in [0.15, 0.2) is 0 Å². The number of aromatic nitrogens is 2. The van der Waals surface area contributed by atoms with Crippen LogP contribution in [0.25, 0.3) is 22.2 Å². The van der Waals surface area contributed by atoms with Crippen LogP contribution in [0.1, 0.15) is 38.2 Å². The number of hydrogen-bond donors (Lipinski definition) is 2. The molecule has 170 valence electrons. The molecule has 0 aliphatic carbocycles. The standard InChI is InChI=1S/C26H34N4O2/c1-4-26(14-6-15-30(2)18-26)25(31)27-21-12-13-23-22(17-21)24(29-28-23)20-10-8-19(9-11-20)7-5-16-32-3/h8-13,17H,4-7,14-16,18H2,1-3H3,(H,27,31)(H,28,29). The van der Waals surface area contributed by atoms with Gasteiger partial charge in [-0.2, -0.15) is 5.10 Å². The maximum Gasteiger partial charge on any atom is 0.231 e. The van der Waals surface area contributed by atoms with Gasteiger partial charge in [-0.15, -0.1) is 0 Å². The van der Waals surface area contributed by atoms with Crippen LogP contribution in [-0.2, 0) is 16.0 Å². The summed E-state index contributed by atoms with van der Waals surface area (Å²) in [6, 6.07) is 14.5. The molecule has 1 aromatic heterocycles. The van der Waals surface area contributed by atoms with Crippen molar-refractivity contribution in [3.05, 3.63) is 48.0 Å². The molecule has 1 fully saturated rings. The lowest BCUT2D eigenvalue weighted by Gasteiger charge is -2.39. The molecule has 3 aromatic rings. The van der Waals surface area contributed by atoms with Gasteiger partial charge in [-0.05, 0) is 69.5 Å². The van der Waals surface area contributed by atoms with Crippen LogP contribution < -0.4 is 5.32 Å². The van der Waals surface area contributed by atoms with E-state index < -0.39 is 0 Å². The number of aryl methyl sites for hydroxylation is 1. The van der Waals surface area contributed by atoms with Crippen molar-refractivity contribution in [3.63, 3.8) is 0 Å². The molecule has 1 aliphatic heterocycles. The minimum absolute atomic E-state index is 0.122. The lowest BCUT2D eigenvalue weighted by Crippen LogP contribution is -2.48. The van der Waals surface area contributed by atoms with Gasteiger partial charge in [-0.25, -0.2) is 0 Å². The van der Waals surface area contributed by atoms with Gasteiger partial charge in [0, 0.05) is 36.9 Å². The van der Waals surface area contributed by atoms with Gasteiger partial charge in [-0.3, -0.25) is 9.89 Å². The normalized spacial score (nSPS) is 19.3. The summed E-state index contributed by atoms with van der Waals surface area (Å²) in [4.78, 5) is 15.5. The smallest absolute Gasteiger partial charge is 0.231 e. The van der Waals surface area contributed by atoms with Crippen molar-refractivity contribution in [1.82, 2.24) is 15.1 Å². The maximum atomic E-state index is 13.3. The molecule has 0 saturated carbocycles. The van der Waals surface area contributed by atoms with E-state index in [1.807, 2.05) is 18.2 Å². The number of methoxy groups -OCH3 is 1. The summed E-state index contributed by atoms with van der Waals surface area (Å²) in [5, 5.41) is 11.9. The summed E-state index contributed by atoms with van der Waals surface area (Å²) in [5.74, 6) is 0.122. The average molecular weight is 435 g/mol. The summed E-state index contributed by atoms with van der Waals surface area (Å²) in [6.45, 7) is 4.76. The zero-order chi connectivity index (χ0) is 22.6. The molecule has 32 heavy (non-hydrogen) atoms. The highest BCUT2D eigenvalue weighted by atomic mass is 16.5. The predicted molar refractivity (Wildman–Crippen MR) is 130 cm³/mol. The third kappa shape index (κ3) is 4.71. The minimum Gasteiger partial charge on any atom is -0.385 e. The van der Waals surface area contributed by atoms with Crippen molar-refractivity contribution in [2.75, 3.05) is 39.2 Å². The first-order valence-corrected chi connectivity index (χ1v) is 11.6. The molecule has 1 aliphatic rings. The summed E-state index contributed by atoms with van der Waals surface area (Å²) >= 11 is 0. The fourth-order valence-corrected chi connectivity index (χ4v) is 4.82. The number of ether oxygens (including phenoxy) is 1. The number of carbonyl (C=O) groups is 1. The molecule has 0 spiro atoms. The van der Waals surface area contributed by atoms with E-state index in [2.05, 4.69) is 58.7 Å². The number of H-pyrrole nitrogens is 1. The lowest BCUT2D eigenvalue weighted by molar-refractivity contribution is -0.128. The Balaban J connectivity index is 1.54. The first-order chi connectivity index (χ1) is 15.5. The lowest BCUT2D eigenvalue weighted by atomic mass is 9.77. The molecule has 0 radical (unpaired) electrons. The molecule has 2 heterocycles. The van der Waals surface area contributed by atoms with E-state index in [0.717, 1.165) is 79.6 Å². The van der Waals surface area contributed by atoms with Crippen molar-refractivity contribution >= 4 is 22.5 Å². The SMILES string of the molecule is CCC1(C(=O)Nc2ccc3[nH]nc(-c4ccc(CCCOC)cc4)c3c2)CCCN(C)C1. The van der Waals surface area contributed by atoms with E-state index in [4.69, 9.17) is 4.74 Å². The first kappa shape index (κ1) is 22.5. The van der Waals surface area contributed by atoms with Gasteiger partial charge < -0.3 is 15.0 Å². The van der Waals surface area contributed by atoms with Gasteiger partial charge in [0.1, 0.15) is 0 Å². The van der Waals surface area contributed by atoms with E-state index in [9.17, 15) is 4.79 Å². The number of nitrogens with zero attached hydrogens (tertiary/aromatic N) is 2. The number of piperidine rings is 1. The van der Waals surface area contributed by atoms with E-state index in [-0.39, 0.29) is 11.3 Å². The van der Waals surface area contributed by atoms with Crippen LogP contribution in [0.2, 0.25) is 0 Å². The zero-order valence-electron chi connectivity index (χ0n) is 19.4. The quantitative estimate of drug-likeness (QED) is 0.496. The van der Waals surface area contributed by atoms with Gasteiger partial charge in [-0.1, -0.05) is 31.2 Å². The van der Waals surface area contributed by atoms with Crippen molar-refractivity contribution in [1.29, 1.82) is 0 Å². The number of amides is 1. The summed E-state index contributed by atoms with van der Waals surface area (Å²) in [7, 11) is 3.83. The Morgan fingerprint density at radius 2 is 2.06 bits per heavy atom. The Labute approximate surface area is 190 Å². The number of fused-ring (bicyclic) bond motifs is 1. The fourth-order valence-electron chi connectivity index (χ4n) is 4.82. The largest absolute Gasteiger partial charge is 0.385 e. The van der Waals surface area contributed by atoms with Crippen molar-refractivity contribution in [3.8, 4) is 11.3 Å². The molecule has 2 N–H and O–H groups in total. The number of carbonyl (C=O) groups excluding carboxylic acids is 1. The van der Waals surface area contributed by atoms with Crippen LogP contribution in [0.15, 0.2) is 42.5 Å². The minimum atomic E-state index is -0.320. The second-order valence-corrected chi connectivity index (χ2v) is 9.06. The maximum absolute atomic E-state index is 13.3. The molecule has 1 atom stereocenters. The molecule has 2 aromatic carbocycles. The molecule has 1 saturated heterocycles. The second-order valence-electron chi connectivity index (χ2n) is 9.06. The number of anilines is 1. The number of benzene rings is 2. The molecule has 6 nitrogen and oxygen atoms in total. The summed E-state index contributed by atoms with van der Waals surface area (Å²) in [5.41, 5.74) is 4.73. The van der Waals surface area contributed by atoms with Gasteiger partial charge in [0.05, 0.1) is 16.6 Å². The van der Waals surface area contributed by atoms with Crippen LogP contribution in [0, 0.1) is 5.41 Å². The highest BCUT2D eigenvalue weighted by Crippen LogP contribution is 2.35. The van der Waals surface area contributed by atoms with Crippen LogP contribution in [0.3, 0.4) is 0 Å². The van der Waals surface area contributed by atoms with Crippen molar-refractivity contribution < 1.29 is 9.53 Å². The molecular formula is C26H34N4O2. The topological polar surface area (TPSA) is 70.2 Å². The van der Waals surface area contributed by atoms with Crippen molar-refractivity contribution in [2.24, 2.45) is 5.41 Å². The number of likely N-dealkylation sites (tertiary alicyclic amines) is 1. The zero-order valence-corrected chi connectivity index (χ0v) is 19.4. The van der Waals surface area contributed by atoms with Crippen LogP contribution in [0.4, 0.5) is 5.69 Å². The number of rotatable bonds is 8. The molecule has 1 unspecified atom stereocenters. The summed E-state index contributed by atoms with van der Waals surface area (Å²) < 4.78 is 5.14. The van der Waals surface area contributed by atoms with E-state index in [1.54, 1.807) is 7.11 Å². The van der Waals surface area contributed by atoms with Crippen LogP contribution in [0.5, 0.6) is 0 Å². The number of nitrogens with one attached hydrogen (secondary N) is 2. The fraction of sp³-hybridized carbons (Fsp3) is 0.462. The van der Waals surface area contributed by atoms with Crippen LogP contribution >= 0.6 is 0 Å². The summed E-state index contributed by atoms with van der Waals surface area (Å²) in [6.07, 6.45) is 4.86. The Morgan fingerprint density at radius 1 is 1.25 bits per heavy atom. The highest BCUT2D eigenvalue weighted by molar-refractivity contribution is 6.00. The Kier molecular flexibility index (Phi) is 6.92. The predicted octanol–water partition coefficient (Wildman–Crippen LogP) is 4.87.